The molecule has 380 valence electrons. The molecule has 0 fully saturated rings. The van der Waals surface area contributed by atoms with Crippen molar-refractivity contribution in [2.24, 2.45) is 0 Å². The molecule has 0 bridgehead atoms. The topological polar surface area (TPSA) is 192 Å². The van der Waals surface area contributed by atoms with Crippen molar-refractivity contribution in [3.63, 3.8) is 0 Å². The van der Waals surface area contributed by atoms with Gasteiger partial charge in [0.25, 0.3) is 0 Å². The Hall–Kier alpha value is -7.40. The third-order valence-corrected chi connectivity index (χ3v) is 17.7. The van der Waals surface area contributed by atoms with Gasteiger partial charge in [-0.3, -0.25) is 28.8 Å². The molecular weight excluding hydrogens is 971 g/mol. The van der Waals surface area contributed by atoms with Crippen molar-refractivity contribution in [2.45, 2.75) is 67.2 Å². The first-order chi connectivity index (χ1) is 35.0. The Morgan fingerprint density at radius 3 is 0.932 bits per heavy atom. The summed E-state index contributed by atoms with van der Waals surface area (Å²) in [6, 6.07) is 38.2. The normalized spacial score (nSPS) is 11.3. The van der Waals surface area contributed by atoms with Crippen LogP contribution in [0.25, 0.3) is 0 Å². The number of carbonyl (C=O) groups excluding carboxylic acids is 6. The van der Waals surface area contributed by atoms with Crippen LogP contribution in [0.15, 0.2) is 133 Å². The summed E-state index contributed by atoms with van der Waals surface area (Å²) in [6.07, 6.45) is -1.38. The Labute approximate surface area is 425 Å². The van der Waals surface area contributed by atoms with Gasteiger partial charge >= 0.3 is 23.9 Å². The van der Waals surface area contributed by atoms with Crippen LogP contribution in [0.5, 0.6) is 11.5 Å². The quantitative estimate of drug-likeness (QED) is 0.0183. The molecule has 6 aromatic rings. The Balaban J connectivity index is 0.892. The van der Waals surface area contributed by atoms with Crippen molar-refractivity contribution in [3.8, 4) is 11.5 Å². The highest BCUT2D eigenvalue weighted by Gasteiger charge is 2.40. The molecule has 0 aromatic heterocycles. The van der Waals surface area contributed by atoms with E-state index in [2.05, 4.69) is 0 Å². The molecule has 6 rings (SSSR count). The fraction of sp³-hybridized carbons (Fsp3) is 0.263. The second-order valence-electron chi connectivity index (χ2n) is 17.1. The van der Waals surface area contributed by atoms with Gasteiger partial charge in [-0.05, 0) is 63.8 Å². The summed E-state index contributed by atoms with van der Waals surface area (Å²) in [5.41, 5.74) is 3.27. The molecule has 0 saturated carbocycles. The predicted octanol–water partition coefficient (Wildman–Crippen LogP) is 8.99. The minimum absolute atomic E-state index is 0.0743. The molecule has 0 saturated heterocycles. The Bertz CT molecular complexity index is 2770. The number of aryl methyl sites for hydroxylation is 4. The summed E-state index contributed by atoms with van der Waals surface area (Å²) in [5, 5.41) is 1.66. The van der Waals surface area contributed by atoms with Crippen LogP contribution < -0.4 is 30.7 Å². The van der Waals surface area contributed by atoms with E-state index in [1.807, 2.05) is 13.8 Å². The van der Waals surface area contributed by atoms with Crippen molar-refractivity contribution < 1.29 is 66.3 Å². The molecule has 0 spiro atoms. The highest BCUT2D eigenvalue weighted by atomic mass is 31.2. The lowest BCUT2D eigenvalue weighted by Gasteiger charge is -2.22. The molecule has 0 unspecified atom stereocenters. The van der Waals surface area contributed by atoms with Gasteiger partial charge in [-0.15, -0.1) is 0 Å². The summed E-state index contributed by atoms with van der Waals surface area (Å²) in [6.45, 7) is 9.42. The molecule has 0 atom stereocenters. The van der Waals surface area contributed by atoms with E-state index in [1.165, 1.54) is 0 Å². The van der Waals surface area contributed by atoms with Gasteiger partial charge in [-0.1, -0.05) is 133 Å². The average molecular weight is 1030 g/mol. The van der Waals surface area contributed by atoms with Crippen molar-refractivity contribution in [1.82, 2.24) is 0 Å². The Kier molecular flexibility index (Phi) is 19.0. The Morgan fingerprint density at radius 2 is 0.644 bits per heavy atom. The molecule has 0 N–H and O–H groups in total. The number of carbonyl (C=O) groups is 6. The van der Waals surface area contributed by atoms with Crippen LogP contribution in [0.1, 0.15) is 79.8 Å². The first kappa shape index (κ1) is 54.9. The number of ether oxygens (including phenoxy) is 6. The Morgan fingerprint density at radius 1 is 0.370 bits per heavy atom. The molecule has 0 aliphatic heterocycles. The number of hydrogen-bond acceptors (Lipinski definition) is 14. The van der Waals surface area contributed by atoms with Crippen LogP contribution in [0.3, 0.4) is 0 Å². The lowest BCUT2D eigenvalue weighted by molar-refractivity contribution is -0.169. The van der Waals surface area contributed by atoms with Crippen LogP contribution in [-0.2, 0) is 47.3 Å². The third kappa shape index (κ3) is 13.2. The van der Waals surface area contributed by atoms with Crippen LogP contribution in [0, 0.1) is 41.5 Å². The SMILES string of the molecule is Cc1cc(C)c(C(=O)P(=O)(c2ccccc2)c2ccccc2)c(C)c1OCCOC(=O)CCC(=O)OCOC(=O)CCC(=O)OCCOc1c(C)cc(C)c(C(=O)P(=O)(c2ccccc2)c2ccccc2)c1C. The molecule has 16 heteroatoms. The monoisotopic (exact) mass is 1030 g/mol. The second kappa shape index (κ2) is 25.3. The predicted molar refractivity (Wildman–Crippen MR) is 278 cm³/mol. The van der Waals surface area contributed by atoms with Gasteiger partial charge in [0, 0.05) is 43.5 Å². The van der Waals surface area contributed by atoms with Crippen LogP contribution in [0.2, 0.25) is 0 Å². The number of benzene rings is 6. The zero-order valence-electron chi connectivity index (χ0n) is 41.7. The molecule has 0 aliphatic carbocycles. The fourth-order valence-corrected chi connectivity index (χ4v) is 13.7. The highest BCUT2D eigenvalue weighted by molar-refractivity contribution is 7.94. The molecule has 0 aliphatic rings. The molecule has 0 heterocycles. The molecule has 73 heavy (non-hydrogen) atoms. The lowest BCUT2D eigenvalue weighted by Crippen LogP contribution is -2.24. The van der Waals surface area contributed by atoms with Crippen molar-refractivity contribution in [1.29, 1.82) is 0 Å². The minimum atomic E-state index is -3.80. The van der Waals surface area contributed by atoms with Gasteiger partial charge in [0.05, 0.1) is 25.7 Å². The van der Waals surface area contributed by atoms with Gasteiger partial charge in [-0.25, -0.2) is 0 Å². The minimum Gasteiger partial charge on any atom is -0.489 e. The van der Waals surface area contributed by atoms with E-state index in [-0.39, 0.29) is 63.2 Å². The van der Waals surface area contributed by atoms with Gasteiger partial charge < -0.3 is 37.6 Å². The van der Waals surface area contributed by atoms with Gasteiger partial charge in [0.15, 0.2) is 0 Å². The van der Waals surface area contributed by atoms with Crippen LogP contribution in [-0.4, -0.2) is 68.1 Å². The molecule has 14 nitrogen and oxygen atoms in total. The largest absolute Gasteiger partial charge is 0.489 e. The zero-order chi connectivity index (χ0) is 52.7. The molecule has 0 amide bonds. The summed E-state index contributed by atoms with van der Waals surface area (Å²) in [5.74, 6) is -2.29. The summed E-state index contributed by atoms with van der Waals surface area (Å²) < 4.78 is 62.0. The maximum Gasteiger partial charge on any atom is 0.309 e. The van der Waals surface area contributed by atoms with E-state index < -0.39 is 56.0 Å². The van der Waals surface area contributed by atoms with Gasteiger partial charge in [0.1, 0.15) is 37.9 Å². The van der Waals surface area contributed by atoms with Gasteiger partial charge in [0.2, 0.25) is 32.1 Å². The molecular formula is C57H58O14P2. The maximum atomic E-state index is 14.8. The maximum absolute atomic E-state index is 14.8. The lowest BCUT2D eigenvalue weighted by atomic mass is 9.99. The van der Waals surface area contributed by atoms with E-state index in [1.54, 1.807) is 161 Å². The van der Waals surface area contributed by atoms with E-state index in [9.17, 15) is 37.9 Å². The first-order valence-electron chi connectivity index (χ1n) is 23.6. The van der Waals surface area contributed by atoms with Crippen molar-refractivity contribution in [3.05, 3.63) is 178 Å². The van der Waals surface area contributed by atoms with E-state index in [0.29, 0.717) is 55.0 Å². The third-order valence-electron chi connectivity index (χ3n) is 12.0. The highest BCUT2D eigenvalue weighted by Crippen LogP contribution is 2.50. The fourth-order valence-electron chi connectivity index (χ4n) is 8.53. The molecule has 6 aromatic carbocycles. The van der Waals surface area contributed by atoms with E-state index in [0.717, 1.165) is 11.1 Å². The number of esters is 4. The van der Waals surface area contributed by atoms with Crippen molar-refractivity contribution in [2.75, 3.05) is 33.2 Å². The standard InChI is InChI=1S/C57H58O14P2/c1-38-35-40(3)54(42(5)52(38)56(62)72(64,44-19-11-7-12-20-44)45-21-13-8-14-22-45)68-33-31-66-48(58)27-29-50(60)70-37-71-51(61)30-28-49(59)67-32-34-69-55-41(4)36-39(2)53(43(55)6)57(63)73(65,46-23-15-9-16-24-46)47-25-17-10-18-26-47/h7-26,35-36H,27-34,37H2,1-6H3. The van der Waals surface area contributed by atoms with Crippen LogP contribution in [0.4, 0.5) is 0 Å². The second-order valence-corrected chi connectivity index (χ2v) is 22.5. The smallest absolute Gasteiger partial charge is 0.309 e. The van der Waals surface area contributed by atoms with Crippen LogP contribution >= 0.6 is 14.3 Å². The zero-order valence-corrected chi connectivity index (χ0v) is 43.5. The summed E-state index contributed by atoms with van der Waals surface area (Å²) >= 11 is 0. The van der Waals surface area contributed by atoms with E-state index in [4.69, 9.17) is 28.4 Å². The summed E-state index contributed by atoms with van der Waals surface area (Å²) in [4.78, 5) is 78.2. The van der Waals surface area contributed by atoms with E-state index >= 15 is 0 Å². The van der Waals surface area contributed by atoms with Crippen molar-refractivity contribution >= 4 is 70.4 Å². The number of rotatable bonds is 24. The first-order valence-corrected chi connectivity index (χ1v) is 27.0. The average Bonchev–Trinajstić information content (AvgIpc) is 3.39. The molecule has 0 radical (unpaired) electrons. The summed E-state index contributed by atoms with van der Waals surface area (Å²) in [7, 11) is -7.59. The number of hydrogen-bond donors (Lipinski definition) is 0. The van der Waals surface area contributed by atoms with Gasteiger partial charge in [-0.2, -0.15) is 0 Å².